The first-order valence-corrected chi connectivity index (χ1v) is 13.1. The number of piperidine rings is 2. The maximum Gasteiger partial charge on any atom is 0.253 e. The average molecular weight is 468 g/mol. The number of fused-ring (bicyclic) bond motifs is 1. The Balaban J connectivity index is 1.24. The Morgan fingerprint density at radius 3 is 2.39 bits per heavy atom. The van der Waals surface area contributed by atoms with Gasteiger partial charge in [-0.1, -0.05) is 18.6 Å². The molecule has 2 aromatic carbocycles. The molecule has 8 heteroatoms. The predicted octanol–water partition coefficient (Wildman–Crippen LogP) is 4.41. The van der Waals surface area contributed by atoms with E-state index in [4.69, 9.17) is 4.42 Å². The third-order valence-corrected chi connectivity index (χ3v) is 8.92. The Morgan fingerprint density at radius 1 is 0.970 bits per heavy atom. The van der Waals surface area contributed by atoms with E-state index in [2.05, 4.69) is 4.98 Å². The van der Waals surface area contributed by atoms with Crippen LogP contribution in [0.25, 0.3) is 11.1 Å². The summed E-state index contributed by atoms with van der Waals surface area (Å²) in [6.45, 7) is 3.75. The number of carbonyl (C=O) groups excluding carboxylic acids is 1. The third-order valence-electron chi connectivity index (χ3n) is 6.89. The van der Waals surface area contributed by atoms with Crippen molar-refractivity contribution in [1.82, 2.24) is 14.2 Å². The second kappa shape index (κ2) is 8.91. The number of amides is 1. The van der Waals surface area contributed by atoms with Crippen LogP contribution in [0.1, 0.15) is 61.2 Å². The SMILES string of the molecule is CC1CCCCN1S(=O)(=O)c1ccc(C(=O)N2CCC(c3nc4ccccc4o3)CC2)cc1. The Labute approximate surface area is 194 Å². The summed E-state index contributed by atoms with van der Waals surface area (Å²) in [4.78, 5) is 19.7. The minimum absolute atomic E-state index is 0.00704. The normalized spacial score (nSPS) is 20.9. The van der Waals surface area contributed by atoms with Crippen molar-refractivity contribution < 1.29 is 17.6 Å². The minimum Gasteiger partial charge on any atom is -0.440 e. The van der Waals surface area contributed by atoms with Gasteiger partial charge in [0.05, 0.1) is 4.90 Å². The van der Waals surface area contributed by atoms with E-state index in [0.29, 0.717) is 25.2 Å². The largest absolute Gasteiger partial charge is 0.440 e. The van der Waals surface area contributed by atoms with E-state index in [1.54, 1.807) is 28.6 Å². The lowest BCUT2D eigenvalue weighted by Gasteiger charge is -2.32. The van der Waals surface area contributed by atoms with Gasteiger partial charge in [0, 0.05) is 37.2 Å². The summed E-state index contributed by atoms with van der Waals surface area (Å²) in [6.07, 6.45) is 4.41. The lowest BCUT2D eigenvalue weighted by Crippen LogP contribution is -2.42. The van der Waals surface area contributed by atoms with E-state index in [-0.39, 0.29) is 22.8 Å². The first kappa shape index (κ1) is 22.1. The highest BCUT2D eigenvalue weighted by Gasteiger charge is 2.32. The molecule has 0 aliphatic carbocycles. The van der Waals surface area contributed by atoms with Crippen LogP contribution in [0.4, 0.5) is 0 Å². The fourth-order valence-corrected chi connectivity index (χ4v) is 6.61. The van der Waals surface area contributed by atoms with Crippen molar-refractivity contribution in [3.8, 4) is 0 Å². The summed E-state index contributed by atoms with van der Waals surface area (Å²) in [7, 11) is -3.54. The highest BCUT2D eigenvalue weighted by molar-refractivity contribution is 7.89. The number of sulfonamides is 1. The van der Waals surface area contributed by atoms with Gasteiger partial charge in [0.1, 0.15) is 5.52 Å². The molecule has 7 nitrogen and oxygen atoms in total. The fourth-order valence-electron chi connectivity index (χ4n) is 4.91. The van der Waals surface area contributed by atoms with Crippen LogP contribution in [0.2, 0.25) is 0 Å². The third kappa shape index (κ3) is 4.29. The molecule has 2 aliphatic rings. The Bertz CT molecular complexity index is 1210. The number of benzene rings is 2. The summed E-state index contributed by atoms with van der Waals surface area (Å²) in [5, 5.41) is 0. The van der Waals surface area contributed by atoms with Gasteiger partial charge in [-0.2, -0.15) is 4.31 Å². The first-order chi connectivity index (χ1) is 15.9. The van der Waals surface area contributed by atoms with Gasteiger partial charge in [-0.3, -0.25) is 4.79 Å². The van der Waals surface area contributed by atoms with Gasteiger partial charge in [-0.15, -0.1) is 0 Å². The second-order valence-electron chi connectivity index (χ2n) is 9.07. The Morgan fingerprint density at radius 2 is 1.70 bits per heavy atom. The number of carbonyl (C=O) groups is 1. The molecule has 5 rings (SSSR count). The Kier molecular flexibility index (Phi) is 5.97. The molecule has 0 N–H and O–H groups in total. The van der Waals surface area contributed by atoms with Crippen LogP contribution in [-0.4, -0.2) is 54.2 Å². The van der Waals surface area contributed by atoms with Crippen LogP contribution in [0.3, 0.4) is 0 Å². The van der Waals surface area contributed by atoms with Crippen LogP contribution < -0.4 is 0 Å². The molecule has 33 heavy (non-hydrogen) atoms. The zero-order chi connectivity index (χ0) is 23.0. The van der Waals surface area contributed by atoms with Crippen molar-refractivity contribution in [3.63, 3.8) is 0 Å². The van der Waals surface area contributed by atoms with Crippen molar-refractivity contribution in [2.75, 3.05) is 19.6 Å². The number of oxazole rings is 1. The lowest BCUT2D eigenvalue weighted by atomic mass is 9.96. The molecule has 1 unspecified atom stereocenters. The number of hydrogen-bond donors (Lipinski definition) is 0. The molecule has 1 amide bonds. The fraction of sp³-hybridized carbons (Fsp3) is 0.440. The number of nitrogens with zero attached hydrogens (tertiary/aromatic N) is 3. The standard InChI is InChI=1S/C25H29N3O4S/c1-18-6-4-5-15-28(18)33(30,31)21-11-9-20(10-12-21)25(29)27-16-13-19(14-17-27)24-26-22-7-2-3-8-23(22)32-24/h2-3,7-12,18-19H,4-6,13-17H2,1H3. The molecule has 174 valence electrons. The van der Waals surface area contributed by atoms with Gasteiger partial charge in [0.2, 0.25) is 10.0 Å². The Hall–Kier alpha value is -2.71. The molecule has 0 radical (unpaired) electrons. The summed E-state index contributed by atoms with van der Waals surface area (Å²) >= 11 is 0. The molecular formula is C25H29N3O4S. The predicted molar refractivity (Wildman–Crippen MR) is 126 cm³/mol. The van der Waals surface area contributed by atoms with Crippen molar-refractivity contribution in [1.29, 1.82) is 0 Å². The summed E-state index contributed by atoms with van der Waals surface area (Å²) in [5.41, 5.74) is 2.17. The van der Waals surface area contributed by atoms with Gasteiger partial charge in [-0.25, -0.2) is 13.4 Å². The molecule has 1 aromatic heterocycles. The summed E-state index contributed by atoms with van der Waals surface area (Å²) < 4.78 is 33.6. The van der Waals surface area contributed by atoms with E-state index < -0.39 is 10.0 Å². The number of likely N-dealkylation sites (tertiary alicyclic amines) is 1. The van der Waals surface area contributed by atoms with Crippen LogP contribution >= 0.6 is 0 Å². The molecule has 1 atom stereocenters. The highest BCUT2D eigenvalue weighted by Crippen LogP contribution is 2.31. The summed E-state index contributed by atoms with van der Waals surface area (Å²) in [6, 6.07) is 14.1. The summed E-state index contributed by atoms with van der Waals surface area (Å²) in [5.74, 6) is 0.867. The van der Waals surface area contributed by atoms with Gasteiger partial charge in [-0.05, 0) is 69.0 Å². The van der Waals surface area contributed by atoms with E-state index in [1.807, 2.05) is 36.1 Å². The van der Waals surface area contributed by atoms with Crippen LogP contribution in [0.15, 0.2) is 57.8 Å². The van der Waals surface area contributed by atoms with Gasteiger partial charge in [0.25, 0.3) is 5.91 Å². The van der Waals surface area contributed by atoms with Gasteiger partial charge in [0.15, 0.2) is 11.5 Å². The van der Waals surface area contributed by atoms with Crippen molar-refractivity contribution in [2.24, 2.45) is 0 Å². The monoisotopic (exact) mass is 467 g/mol. The molecule has 0 spiro atoms. The molecular weight excluding hydrogens is 438 g/mol. The maximum atomic E-state index is 13.0. The maximum absolute atomic E-state index is 13.0. The van der Waals surface area contributed by atoms with E-state index in [1.165, 1.54) is 0 Å². The number of aromatic nitrogens is 1. The van der Waals surface area contributed by atoms with Crippen molar-refractivity contribution >= 4 is 27.0 Å². The minimum atomic E-state index is -3.54. The highest BCUT2D eigenvalue weighted by atomic mass is 32.2. The molecule has 0 bridgehead atoms. The molecule has 2 fully saturated rings. The smallest absolute Gasteiger partial charge is 0.253 e. The first-order valence-electron chi connectivity index (χ1n) is 11.7. The lowest BCUT2D eigenvalue weighted by molar-refractivity contribution is 0.0706. The zero-order valence-electron chi connectivity index (χ0n) is 18.8. The van der Waals surface area contributed by atoms with Gasteiger partial charge < -0.3 is 9.32 Å². The average Bonchev–Trinajstić information content (AvgIpc) is 3.28. The molecule has 2 aliphatic heterocycles. The number of para-hydroxylation sites is 2. The van der Waals surface area contributed by atoms with Crippen LogP contribution in [0.5, 0.6) is 0 Å². The van der Waals surface area contributed by atoms with Crippen LogP contribution in [-0.2, 0) is 10.0 Å². The van der Waals surface area contributed by atoms with E-state index in [9.17, 15) is 13.2 Å². The van der Waals surface area contributed by atoms with Crippen molar-refractivity contribution in [3.05, 3.63) is 60.0 Å². The van der Waals surface area contributed by atoms with Crippen molar-refractivity contribution in [2.45, 2.75) is 55.9 Å². The number of rotatable bonds is 4. The molecule has 3 aromatic rings. The quantitative estimate of drug-likeness (QED) is 0.568. The van der Waals surface area contributed by atoms with Crippen LogP contribution in [0, 0.1) is 0 Å². The molecule has 3 heterocycles. The van der Waals surface area contributed by atoms with E-state index in [0.717, 1.165) is 49.1 Å². The zero-order valence-corrected chi connectivity index (χ0v) is 19.6. The topological polar surface area (TPSA) is 83.7 Å². The van der Waals surface area contributed by atoms with E-state index >= 15 is 0 Å². The molecule has 0 saturated carbocycles. The van der Waals surface area contributed by atoms with Gasteiger partial charge >= 0.3 is 0 Å². The number of hydrogen-bond acceptors (Lipinski definition) is 5. The second-order valence-corrected chi connectivity index (χ2v) is 11.0. The molecule has 2 saturated heterocycles.